The number of aryl methyl sites for hydroxylation is 1. The van der Waals surface area contributed by atoms with Gasteiger partial charge in [0.15, 0.2) is 5.78 Å². The van der Waals surface area contributed by atoms with Crippen molar-refractivity contribution in [2.45, 2.75) is 32.6 Å². The van der Waals surface area contributed by atoms with Crippen LogP contribution in [0.4, 0.5) is 10.1 Å². The molecule has 1 aliphatic heterocycles. The molecule has 152 valence electrons. The van der Waals surface area contributed by atoms with Crippen molar-refractivity contribution in [1.29, 1.82) is 0 Å². The second-order valence-electron chi connectivity index (χ2n) is 7.47. The van der Waals surface area contributed by atoms with E-state index in [1.54, 1.807) is 29.4 Å². The summed E-state index contributed by atoms with van der Waals surface area (Å²) in [5.74, 6) is -0.407. The summed E-state index contributed by atoms with van der Waals surface area (Å²) in [5, 5.41) is 0. The summed E-state index contributed by atoms with van der Waals surface area (Å²) in [6.45, 7) is 2.52. The van der Waals surface area contributed by atoms with E-state index in [1.165, 1.54) is 6.07 Å². The number of rotatable bonds is 6. The van der Waals surface area contributed by atoms with Gasteiger partial charge >= 0.3 is 0 Å². The number of benzene rings is 2. The molecular weight excluding hydrogens is 379 g/mol. The van der Waals surface area contributed by atoms with Crippen LogP contribution in [0.15, 0.2) is 60.9 Å². The molecule has 0 bridgehead atoms. The molecule has 4 nitrogen and oxygen atoms in total. The van der Waals surface area contributed by atoms with Crippen molar-refractivity contribution in [3.8, 4) is 11.1 Å². The van der Waals surface area contributed by atoms with Gasteiger partial charge in [0, 0.05) is 48.6 Å². The normalized spacial score (nSPS) is 12.7. The van der Waals surface area contributed by atoms with E-state index >= 15 is 0 Å². The molecule has 0 atom stereocenters. The SMILES string of the molecule is CCC(=O)N1CCc2cc(-c3ccc(C(=O)CCc4cccnc4)cc3F)ccc21. The van der Waals surface area contributed by atoms with Gasteiger partial charge in [0.05, 0.1) is 0 Å². The number of Topliss-reactive ketones (excluding diaryl/α,β-unsaturated/α-hetero) is 1. The first-order valence-electron chi connectivity index (χ1n) is 10.2. The van der Waals surface area contributed by atoms with E-state index in [-0.39, 0.29) is 11.7 Å². The van der Waals surface area contributed by atoms with Gasteiger partial charge < -0.3 is 4.90 Å². The van der Waals surface area contributed by atoms with Crippen molar-refractivity contribution in [2.75, 3.05) is 11.4 Å². The summed E-state index contributed by atoms with van der Waals surface area (Å²) in [6.07, 6.45) is 5.55. The number of pyridine rings is 1. The summed E-state index contributed by atoms with van der Waals surface area (Å²) < 4.78 is 14.8. The quantitative estimate of drug-likeness (QED) is 0.545. The fourth-order valence-corrected chi connectivity index (χ4v) is 3.89. The van der Waals surface area contributed by atoms with Gasteiger partial charge in [-0.1, -0.05) is 31.2 Å². The lowest BCUT2D eigenvalue weighted by Gasteiger charge is -2.16. The molecule has 5 heteroatoms. The Morgan fingerprint density at radius 1 is 1.13 bits per heavy atom. The van der Waals surface area contributed by atoms with Gasteiger partial charge in [-0.3, -0.25) is 14.6 Å². The number of carbonyl (C=O) groups is 2. The van der Waals surface area contributed by atoms with Crippen LogP contribution < -0.4 is 4.90 Å². The number of hydrogen-bond donors (Lipinski definition) is 0. The molecule has 0 aliphatic carbocycles. The first kappa shape index (κ1) is 20.0. The second kappa shape index (κ2) is 8.57. The van der Waals surface area contributed by atoms with Gasteiger partial charge in [-0.05, 0) is 53.8 Å². The number of amides is 1. The van der Waals surface area contributed by atoms with Crippen LogP contribution in [0.25, 0.3) is 11.1 Å². The second-order valence-corrected chi connectivity index (χ2v) is 7.47. The zero-order valence-corrected chi connectivity index (χ0v) is 16.9. The van der Waals surface area contributed by atoms with Gasteiger partial charge in [-0.2, -0.15) is 0 Å². The first-order chi connectivity index (χ1) is 14.6. The summed E-state index contributed by atoms with van der Waals surface area (Å²) in [4.78, 5) is 30.4. The van der Waals surface area contributed by atoms with E-state index in [0.29, 0.717) is 36.9 Å². The summed E-state index contributed by atoms with van der Waals surface area (Å²) in [7, 11) is 0. The van der Waals surface area contributed by atoms with Crippen molar-refractivity contribution < 1.29 is 14.0 Å². The van der Waals surface area contributed by atoms with Crippen molar-refractivity contribution in [3.05, 3.63) is 83.4 Å². The molecule has 3 aromatic rings. The lowest BCUT2D eigenvalue weighted by Crippen LogP contribution is -2.27. The van der Waals surface area contributed by atoms with Crippen LogP contribution in [0.5, 0.6) is 0 Å². The highest BCUT2D eigenvalue weighted by molar-refractivity contribution is 5.97. The number of carbonyl (C=O) groups excluding carboxylic acids is 2. The number of anilines is 1. The monoisotopic (exact) mass is 402 g/mol. The van der Waals surface area contributed by atoms with Gasteiger partial charge in [0.25, 0.3) is 0 Å². The van der Waals surface area contributed by atoms with E-state index < -0.39 is 5.82 Å². The van der Waals surface area contributed by atoms with Crippen LogP contribution in [0.1, 0.15) is 41.3 Å². The highest BCUT2D eigenvalue weighted by Crippen LogP contribution is 2.34. The molecule has 0 N–H and O–H groups in total. The van der Waals surface area contributed by atoms with Crippen molar-refractivity contribution in [2.24, 2.45) is 0 Å². The Labute approximate surface area is 175 Å². The largest absolute Gasteiger partial charge is 0.312 e. The fraction of sp³-hybridized carbons (Fsp3) is 0.240. The molecule has 0 unspecified atom stereocenters. The molecule has 2 heterocycles. The Hall–Kier alpha value is -3.34. The van der Waals surface area contributed by atoms with Gasteiger partial charge in [-0.25, -0.2) is 4.39 Å². The van der Waals surface area contributed by atoms with E-state index in [9.17, 15) is 14.0 Å². The van der Waals surface area contributed by atoms with Crippen LogP contribution in [0, 0.1) is 5.82 Å². The Morgan fingerprint density at radius 2 is 2.00 bits per heavy atom. The van der Waals surface area contributed by atoms with Crippen molar-refractivity contribution >= 4 is 17.4 Å². The summed E-state index contributed by atoms with van der Waals surface area (Å²) >= 11 is 0. The maximum Gasteiger partial charge on any atom is 0.226 e. The maximum absolute atomic E-state index is 14.8. The lowest BCUT2D eigenvalue weighted by atomic mass is 9.97. The minimum Gasteiger partial charge on any atom is -0.312 e. The standard InChI is InChI=1S/C25H23FN2O2/c1-2-25(30)28-13-11-19-14-18(7-9-23(19)28)21-8-6-20(15-22(21)26)24(29)10-5-17-4-3-12-27-16-17/h3-4,6-9,12,14-16H,2,5,10-11,13H2,1H3. The third-order valence-corrected chi connectivity index (χ3v) is 5.54. The maximum atomic E-state index is 14.8. The van der Waals surface area contributed by atoms with Crippen molar-refractivity contribution in [1.82, 2.24) is 4.98 Å². The number of nitrogens with zero attached hydrogens (tertiary/aromatic N) is 2. The topological polar surface area (TPSA) is 50.3 Å². The van der Waals surface area contributed by atoms with E-state index in [4.69, 9.17) is 0 Å². The molecule has 4 rings (SSSR count). The molecule has 0 radical (unpaired) electrons. The van der Waals surface area contributed by atoms with Crippen LogP contribution >= 0.6 is 0 Å². The molecule has 0 spiro atoms. The molecule has 0 fully saturated rings. The van der Waals surface area contributed by atoms with Crippen LogP contribution in [-0.4, -0.2) is 23.2 Å². The smallest absolute Gasteiger partial charge is 0.226 e. The number of ketones is 1. The minimum absolute atomic E-state index is 0.0908. The van der Waals surface area contributed by atoms with Crippen LogP contribution in [-0.2, 0) is 17.6 Å². The van der Waals surface area contributed by atoms with Crippen LogP contribution in [0.3, 0.4) is 0 Å². The van der Waals surface area contributed by atoms with E-state index in [2.05, 4.69) is 4.98 Å². The Kier molecular flexibility index (Phi) is 5.70. The summed E-state index contributed by atoms with van der Waals surface area (Å²) in [5.41, 5.74) is 4.53. The highest BCUT2D eigenvalue weighted by Gasteiger charge is 2.24. The predicted molar refractivity (Wildman–Crippen MR) is 115 cm³/mol. The first-order valence-corrected chi connectivity index (χ1v) is 10.2. The molecular formula is C25H23FN2O2. The Balaban J connectivity index is 1.51. The molecule has 1 aromatic heterocycles. The van der Waals surface area contributed by atoms with Gasteiger partial charge in [0.1, 0.15) is 5.82 Å². The molecule has 2 aromatic carbocycles. The zero-order chi connectivity index (χ0) is 21.1. The molecule has 1 aliphatic rings. The average Bonchev–Trinajstić information content (AvgIpc) is 3.20. The van der Waals surface area contributed by atoms with E-state index in [0.717, 1.165) is 28.8 Å². The van der Waals surface area contributed by atoms with Crippen molar-refractivity contribution in [3.63, 3.8) is 0 Å². The van der Waals surface area contributed by atoms with Gasteiger partial charge in [-0.15, -0.1) is 0 Å². The van der Waals surface area contributed by atoms with Gasteiger partial charge in [0.2, 0.25) is 5.91 Å². The number of halogens is 1. The third kappa shape index (κ3) is 4.01. The average molecular weight is 402 g/mol. The predicted octanol–water partition coefficient (Wildman–Crippen LogP) is 5.00. The van der Waals surface area contributed by atoms with E-state index in [1.807, 2.05) is 37.3 Å². The molecule has 30 heavy (non-hydrogen) atoms. The number of hydrogen-bond acceptors (Lipinski definition) is 3. The Bertz CT molecular complexity index is 1100. The number of aromatic nitrogens is 1. The Morgan fingerprint density at radius 3 is 2.73 bits per heavy atom. The third-order valence-electron chi connectivity index (χ3n) is 5.54. The lowest BCUT2D eigenvalue weighted by molar-refractivity contribution is -0.118. The number of fused-ring (bicyclic) bond motifs is 1. The molecule has 0 saturated carbocycles. The molecule has 0 saturated heterocycles. The zero-order valence-electron chi connectivity index (χ0n) is 16.9. The highest BCUT2D eigenvalue weighted by atomic mass is 19.1. The molecule has 1 amide bonds. The minimum atomic E-state index is -0.415. The fourth-order valence-electron chi connectivity index (χ4n) is 3.89. The summed E-state index contributed by atoms with van der Waals surface area (Å²) in [6, 6.07) is 14.1. The van der Waals surface area contributed by atoms with Crippen LogP contribution in [0.2, 0.25) is 0 Å².